The molecule has 0 spiro atoms. The Morgan fingerprint density at radius 2 is 1.47 bits per heavy atom. The maximum atomic E-state index is 13.5. The predicted octanol–water partition coefficient (Wildman–Crippen LogP) is 4.46. The Balaban J connectivity index is 2.09. The van der Waals surface area contributed by atoms with E-state index < -0.39 is 16.1 Å². The van der Waals surface area contributed by atoms with Crippen LogP contribution >= 0.6 is 0 Å². The molecule has 0 fully saturated rings. The lowest BCUT2D eigenvalue weighted by molar-refractivity contribution is 0.413. The van der Waals surface area contributed by atoms with Gasteiger partial charge in [0, 0.05) is 6.04 Å². The SMILES string of the molecule is COc1ccc(S(=O)(=O)N(C#Cc2ccccc2OC)C(C)c2ccccc2)cc1. The van der Waals surface area contributed by atoms with Crippen LogP contribution in [-0.4, -0.2) is 26.9 Å². The fourth-order valence-electron chi connectivity index (χ4n) is 2.96. The molecule has 1 atom stereocenters. The van der Waals surface area contributed by atoms with Crippen molar-refractivity contribution in [3.63, 3.8) is 0 Å². The number of benzene rings is 3. The number of methoxy groups -OCH3 is 2. The van der Waals surface area contributed by atoms with Gasteiger partial charge in [-0.15, -0.1) is 0 Å². The summed E-state index contributed by atoms with van der Waals surface area (Å²) in [5, 5.41) is 0. The van der Waals surface area contributed by atoms with Crippen molar-refractivity contribution in [2.75, 3.05) is 14.2 Å². The maximum Gasteiger partial charge on any atom is 0.271 e. The number of rotatable bonds is 6. The molecular formula is C24H23NO4S. The summed E-state index contributed by atoms with van der Waals surface area (Å²) in [7, 11) is -0.812. The van der Waals surface area contributed by atoms with Crippen LogP contribution in [0.4, 0.5) is 0 Å². The molecule has 0 aliphatic carbocycles. The van der Waals surface area contributed by atoms with Gasteiger partial charge in [-0.25, -0.2) is 12.7 Å². The molecule has 0 aromatic heterocycles. The van der Waals surface area contributed by atoms with E-state index in [4.69, 9.17) is 9.47 Å². The third kappa shape index (κ3) is 4.58. The number of sulfonamides is 1. The van der Waals surface area contributed by atoms with Crippen LogP contribution in [0.5, 0.6) is 11.5 Å². The van der Waals surface area contributed by atoms with Crippen molar-refractivity contribution in [3.05, 3.63) is 90.0 Å². The highest BCUT2D eigenvalue weighted by molar-refractivity contribution is 7.89. The average molecular weight is 422 g/mol. The second-order valence-electron chi connectivity index (χ2n) is 6.50. The minimum absolute atomic E-state index is 0.139. The Hall–Kier alpha value is -3.43. The summed E-state index contributed by atoms with van der Waals surface area (Å²) in [5.41, 5.74) is 1.44. The molecule has 154 valence electrons. The molecule has 30 heavy (non-hydrogen) atoms. The zero-order chi connectivity index (χ0) is 21.6. The van der Waals surface area contributed by atoms with Crippen molar-refractivity contribution >= 4 is 10.0 Å². The standard InChI is InChI=1S/C24H23NO4S/c1-19(20-9-5-4-6-10-20)25(18-17-21-11-7-8-12-24(21)29-3)30(26,27)23-15-13-22(28-2)14-16-23/h4-16,19H,1-3H3. The zero-order valence-corrected chi connectivity index (χ0v) is 17.9. The molecule has 6 heteroatoms. The summed E-state index contributed by atoms with van der Waals surface area (Å²) < 4.78 is 38.6. The van der Waals surface area contributed by atoms with Gasteiger partial charge < -0.3 is 9.47 Å². The molecule has 0 bridgehead atoms. The van der Waals surface area contributed by atoms with Gasteiger partial charge in [-0.2, -0.15) is 0 Å². The van der Waals surface area contributed by atoms with Crippen LogP contribution in [0, 0.1) is 12.0 Å². The molecule has 1 unspecified atom stereocenters. The highest BCUT2D eigenvalue weighted by Crippen LogP contribution is 2.28. The van der Waals surface area contributed by atoms with Crippen LogP contribution < -0.4 is 9.47 Å². The zero-order valence-electron chi connectivity index (χ0n) is 17.1. The van der Waals surface area contributed by atoms with Crippen LogP contribution in [0.1, 0.15) is 24.1 Å². The first-order valence-corrected chi connectivity index (χ1v) is 10.8. The van der Waals surface area contributed by atoms with Gasteiger partial charge in [0.25, 0.3) is 10.0 Å². The van der Waals surface area contributed by atoms with Gasteiger partial charge in [-0.05, 0) is 54.8 Å². The fourth-order valence-corrected chi connectivity index (χ4v) is 4.37. The normalized spacial score (nSPS) is 11.7. The number of hydrogen-bond donors (Lipinski definition) is 0. The lowest BCUT2D eigenvalue weighted by atomic mass is 10.1. The van der Waals surface area contributed by atoms with E-state index in [1.54, 1.807) is 31.4 Å². The van der Waals surface area contributed by atoms with E-state index in [1.165, 1.54) is 23.5 Å². The third-order valence-electron chi connectivity index (χ3n) is 4.66. The Kier molecular flexibility index (Phi) is 6.65. The molecule has 0 saturated carbocycles. The molecule has 0 radical (unpaired) electrons. The minimum Gasteiger partial charge on any atom is -0.497 e. The molecular weight excluding hydrogens is 398 g/mol. The van der Waals surface area contributed by atoms with E-state index >= 15 is 0 Å². The van der Waals surface area contributed by atoms with E-state index in [2.05, 4.69) is 12.0 Å². The van der Waals surface area contributed by atoms with Crippen molar-refractivity contribution in [2.24, 2.45) is 0 Å². The molecule has 0 amide bonds. The third-order valence-corrected chi connectivity index (χ3v) is 6.45. The number of hydrogen-bond acceptors (Lipinski definition) is 4. The number of nitrogens with zero attached hydrogens (tertiary/aromatic N) is 1. The molecule has 0 aliphatic heterocycles. The summed E-state index contributed by atoms with van der Waals surface area (Å²) in [6.07, 6.45) is 0. The highest BCUT2D eigenvalue weighted by atomic mass is 32.2. The van der Waals surface area contributed by atoms with Gasteiger partial charge in [0.15, 0.2) is 0 Å². The van der Waals surface area contributed by atoms with Gasteiger partial charge in [0.1, 0.15) is 11.5 Å². The van der Waals surface area contributed by atoms with Crippen LogP contribution in [0.2, 0.25) is 0 Å². The van der Waals surface area contributed by atoms with Crippen LogP contribution in [0.25, 0.3) is 0 Å². The topological polar surface area (TPSA) is 55.8 Å². The van der Waals surface area contributed by atoms with Crippen molar-refractivity contribution in [1.82, 2.24) is 4.31 Å². The Labute approximate surface area is 177 Å². The van der Waals surface area contributed by atoms with Crippen molar-refractivity contribution in [2.45, 2.75) is 17.9 Å². The molecule has 3 aromatic carbocycles. The Bertz CT molecular complexity index is 1150. The van der Waals surface area contributed by atoms with Crippen molar-refractivity contribution in [3.8, 4) is 23.5 Å². The first-order chi connectivity index (χ1) is 14.5. The van der Waals surface area contributed by atoms with E-state index in [0.717, 1.165) is 5.56 Å². The van der Waals surface area contributed by atoms with E-state index in [1.807, 2.05) is 49.4 Å². The lowest BCUT2D eigenvalue weighted by Gasteiger charge is -2.25. The summed E-state index contributed by atoms with van der Waals surface area (Å²) in [5.74, 6) is 4.12. The summed E-state index contributed by atoms with van der Waals surface area (Å²) in [6.45, 7) is 1.81. The monoisotopic (exact) mass is 421 g/mol. The molecule has 3 aromatic rings. The maximum absolute atomic E-state index is 13.5. The van der Waals surface area contributed by atoms with E-state index in [9.17, 15) is 8.42 Å². The lowest BCUT2D eigenvalue weighted by Crippen LogP contribution is -2.29. The van der Waals surface area contributed by atoms with E-state index in [0.29, 0.717) is 17.1 Å². The van der Waals surface area contributed by atoms with Gasteiger partial charge in [0.2, 0.25) is 0 Å². The second kappa shape index (κ2) is 9.38. The van der Waals surface area contributed by atoms with Gasteiger partial charge in [0.05, 0.1) is 30.7 Å². The Morgan fingerprint density at radius 1 is 0.833 bits per heavy atom. The number of para-hydroxylation sites is 1. The molecule has 3 rings (SSSR count). The smallest absolute Gasteiger partial charge is 0.271 e. The fraction of sp³-hybridized carbons (Fsp3) is 0.167. The first kappa shape index (κ1) is 21.3. The highest BCUT2D eigenvalue weighted by Gasteiger charge is 2.28. The number of ether oxygens (including phenoxy) is 2. The quantitative estimate of drug-likeness (QED) is 0.435. The average Bonchev–Trinajstić information content (AvgIpc) is 2.79. The summed E-state index contributed by atoms with van der Waals surface area (Å²) in [6, 6.07) is 25.3. The minimum atomic E-state index is -3.90. The molecule has 0 saturated heterocycles. The molecule has 0 heterocycles. The Morgan fingerprint density at radius 3 is 2.10 bits per heavy atom. The van der Waals surface area contributed by atoms with Crippen molar-refractivity contribution in [1.29, 1.82) is 0 Å². The van der Waals surface area contributed by atoms with Crippen LogP contribution in [0.15, 0.2) is 83.8 Å². The first-order valence-electron chi connectivity index (χ1n) is 9.35. The molecule has 5 nitrogen and oxygen atoms in total. The summed E-state index contributed by atoms with van der Waals surface area (Å²) in [4.78, 5) is 0.139. The van der Waals surface area contributed by atoms with Gasteiger partial charge in [-0.3, -0.25) is 0 Å². The molecule has 0 aliphatic rings. The van der Waals surface area contributed by atoms with Crippen LogP contribution in [-0.2, 0) is 10.0 Å². The van der Waals surface area contributed by atoms with Gasteiger partial charge in [-0.1, -0.05) is 42.5 Å². The predicted molar refractivity (Wildman–Crippen MR) is 117 cm³/mol. The second-order valence-corrected chi connectivity index (χ2v) is 8.32. The largest absolute Gasteiger partial charge is 0.497 e. The van der Waals surface area contributed by atoms with Gasteiger partial charge >= 0.3 is 0 Å². The van der Waals surface area contributed by atoms with Crippen LogP contribution in [0.3, 0.4) is 0 Å². The van der Waals surface area contributed by atoms with E-state index in [-0.39, 0.29) is 4.90 Å². The van der Waals surface area contributed by atoms with Crippen molar-refractivity contribution < 1.29 is 17.9 Å². The summed E-state index contributed by atoms with van der Waals surface area (Å²) >= 11 is 0. The molecule has 0 N–H and O–H groups in total.